The summed E-state index contributed by atoms with van der Waals surface area (Å²) in [6, 6.07) is 7.09. The first-order valence-electron chi connectivity index (χ1n) is 5.12. The lowest BCUT2D eigenvalue weighted by molar-refractivity contribution is 0.426. The number of aromatic amines is 1. The van der Waals surface area contributed by atoms with Crippen LogP contribution >= 0.6 is 0 Å². The van der Waals surface area contributed by atoms with Gasteiger partial charge in [0.1, 0.15) is 0 Å². The van der Waals surface area contributed by atoms with E-state index in [-0.39, 0.29) is 11.4 Å². The van der Waals surface area contributed by atoms with Gasteiger partial charge >= 0.3 is 5.69 Å². The molecule has 0 aliphatic carbocycles. The number of hydrogen-bond acceptors (Lipinski definition) is 3. The Hall–Kier alpha value is -2.30. The van der Waals surface area contributed by atoms with Gasteiger partial charge in [-0.25, -0.2) is 9.36 Å². The van der Waals surface area contributed by atoms with Crippen LogP contribution in [0.5, 0.6) is 5.88 Å². The normalized spacial score (nSPS) is 10.5. The first-order valence-corrected chi connectivity index (χ1v) is 5.12. The number of hydrogen-bond donors (Lipinski definition) is 2. The fourth-order valence-electron chi connectivity index (χ4n) is 1.62. The quantitative estimate of drug-likeness (QED) is 0.765. The molecular formula is C12H12N2O3. The Labute approximate surface area is 97.0 Å². The Balaban J connectivity index is 2.81. The van der Waals surface area contributed by atoms with E-state index in [1.54, 1.807) is 18.2 Å². The van der Waals surface area contributed by atoms with Gasteiger partial charge in [-0.15, -0.1) is 0 Å². The summed E-state index contributed by atoms with van der Waals surface area (Å²) in [6.45, 7) is 3.34. The van der Waals surface area contributed by atoms with Gasteiger partial charge in [-0.3, -0.25) is 9.78 Å². The van der Waals surface area contributed by atoms with Crippen molar-refractivity contribution < 1.29 is 5.11 Å². The molecule has 0 aliphatic heterocycles. The molecule has 2 N–H and O–H groups in total. The number of aromatic nitrogens is 2. The van der Waals surface area contributed by atoms with Crippen LogP contribution in [-0.2, 0) is 0 Å². The van der Waals surface area contributed by atoms with E-state index >= 15 is 0 Å². The molecule has 5 nitrogen and oxygen atoms in total. The molecule has 0 unspecified atom stereocenters. The van der Waals surface area contributed by atoms with E-state index in [9.17, 15) is 14.7 Å². The second-order valence-corrected chi connectivity index (χ2v) is 3.88. The van der Waals surface area contributed by atoms with E-state index < -0.39 is 11.2 Å². The largest absolute Gasteiger partial charge is 0.494 e. The van der Waals surface area contributed by atoms with Gasteiger partial charge in [0.2, 0.25) is 5.88 Å². The maximum atomic E-state index is 11.7. The predicted octanol–water partition coefficient (Wildman–Crippen LogP) is 0.848. The number of rotatable bonds is 1. The molecule has 88 valence electrons. The van der Waals surface area contributed by atoms with Crippen molar-refractivity contribution in [2.45, 2.75) is 13.8 Å². The van der Waals surface area contributed by atoms with Crippen molar-refractivity contribution in [3.8, 4) is 11.6 Å². The lowest BCUT2D eigenvalue weighted by atomic mass is 10.2. The highest BCUT2D eigenvalue weighted by Gasteiger charge is 2.11. The van der Waals surface area contributed by atoms with Crippen LogP contribution in [-0.4, -0.2) is 14.7 Å². The Kier molecular flexibility index (Phi) is 2.59. The molecule has 1 heterocycles. The van der Waals surface area contributed by atoms with Crippen LogP contribution in [0.4, 0.5) is 0 Å². The zero-order valence-electron chi connectivity index (χ0n) is 9.52. The average Bonchev–Trinajstić information content (AvgIpc) is 2.26. The molecule has 1 aromatic carbocycles. The molecule has 0 aliphatic rings. The maximum absolute atomic E-state index is 11.7. The highest BCUT2D eigenvalue weighted by molar-refractivity contribution is 5.39. The van der Waals surface area contributed by atoms with Crippen LogP contribution in [0.2, 0.25) is 0 Å². The van der Waals surface area contributed by atoms with Crippen LogP contribution in [0.1, 0.15) is 11.1 Å². The average molecular weight is 232 g/mol. The molecule has 0 saturated carbocycles. The fourth-order valence-corrected chi connectivity index (χ4v) is 1.62. The van der Waals surface area contributed by atoms with Gasteiger partial charge in [0.25, 0.3) is 5.56 Å². The number of benzene rings is 1. The predicted molar refractivity (Wildman–Crippen MR) is 63.8 cm³/mol. The lowest BCUT2D eigenvalue weighted by Crippen LogP contribution is -2.30. The Morgan fingerprint density at radius 1 is 1.24 bits per heavy atom. The molecule has 0 bridgehead atoms. The molecule has 0 atom stereocenters. The molecule has 0 amide bonds. The SMILES string of the molecule is Cc1cccc(-n2c(O)c(C)c(=O)[nH]c2=O)c1. The van der Waals surface area contributed by atoms with Crippen molar-refractivity contribution in [3.05, 3.63) is 56.2 Å². The summed E-state index contributed by atoms with van der Waals surface area (Å²) in [5.74, 6) is -0.329. The Morgan fingerprint density at radius 3 is 2.59 bits per heavy atom. The Morgan fingerprint density at radius 2 is 1.94 bits per heavy atom. The van der Waals surface area contributed by atoms with Crippen LogP contribution in [0.15, 0.2) is 33.9 Å². The fraction of sp³-hybridized carbons (Fsp3) is 0.167. The van der Waals surface area contributed by atoms with Crippen molar-refractivity contribution in [2.75, 3.05) is 0 Å². The molecule has 0 spiro atoms. The summed E-state index contributed by atoms with van der Waals surface area (Å²) in [7, 11) is 0. The van der Waals surface area contributed by atoms with E-state index in [0.29, 0.717) is 5.69 Å². The van der Waals surface area contributed by atoms with E-state index in [1.807, 2.05) is 13.0 Å². The molecule has 0 fully saturated rings. The van der Waals surface area contributed by atoms with Crippen molar-refractivity contribution >= 4 is 0 Å². The molecule has 0 radical (unpaired) electrons. The lowest BCUT2D eigenvalue weighted by Gasteiger charge is -2.09. The molecule has 1 aromatic heterocycles. The van der Waals surface area contributed by atoms with Gasteiger partial charge in [0, 0.05) is 0 Å². The molecule has 0 saturated heterocycles. The zero-order valence-corrected chi connectivity index (χ0v) is 9.52. The number of nitrogens with zero attached hydrogens (tertiary/aromatic N) is 1. The second-order valence-electron chi connectivity index (χ2n) is 3.88. The van der Waals surface area contributed by atoms with E-state index in [4.69, 9.17) is 0 Å². The molecule has 17 heavy (non-hydrogen) atoms. The first kappa shape index (κ1) is 11.2. The molecular weight excluding hydrogens is 220 g/mol. The standard InChI is InChI=1S/C12H12N2O3/c1-7-4-3-5-9(6-7)14-11(16)8(2)10(15)13-12(14)17/h3-6,16H,1-2H3,(H,13,15,17). The van der Waals surface area contributed by atoms with Crippen molar-refractivity contribution in [1.82, 2.24) is 9.55 Å². The molecule has 2 rings (SSSR count). The van der Waals surface area contributed by atoms with Crippen LogP contribution in [0.25, 0.3) is 5.69 Å². The summed E-state index contributed by atoms with van der Waals surface area (Å²) in [5, 5.41) is 9.85. The van der Waals surface area contributed by atoms with Gasteiger partial charge in [0.15, 0.2) is 0 Å². The van der Waals surface area contributed by atoms with Crippen LogP contribution in [0.3, 0.4) is 0 Å². The smallest absolute Gasteiger partial charge is 0.335 e. The van der Waals surface area contributed by atoms with E-state index in [1.165, 1.54) is 6.92 Å². The minimum atomic E-state index is -0.649. The van der Waals surface area contributed by atoms with Gasteiger partial charge in [0.05, 0.1) is 11.3 Å². The van der Waals surface area contributed by atoms with E-state index in [2.05, 4.69) is 4.98 Å². The topological polar surface area (TPSA) is 75.1 Å². The highest BCUT2D eigenvalue weighted by atomic mass is 16.3. The number of aromatic hydroxyl groups is 1. The number of aryl methyl sites for hydroxylation is 1. The summed E-state index contributed by atoms with van der Waals surface area (Å²) >= 11 is 0. The van der Waals surface area contributed by atoms with Crippen LogP contribution < -0.4 is 11.2 Å². The summed E-state index contributed by atoms with van der Waals surface area (Å²) < 4.78 is 1.07. The number of nitrogens with one attached hydrogen (secondary N) is 1. The minimum Gasteiger partial charge on any atom is -0.494 e. The molecule has 5 heteroatoms. The van der Waals surface area contributed by atoms with Gasteiger partial charge in [-0.05, 0) is 31.5 Å². The summed E-state index contributed by atoms with van der Waals surface area (Å²) in [4.78, 5) is 25.1. The van der Waals surface area contributed by atoms with Crippen molar-refractivity contribution in [1.29, 1.82) is 0 Å². The highest BCUT2D eigenvalue weighted by Crippen LogP contribution is 2.15. The van der Waals surface area contributed by atoms with Gasteiger partial charge in [-0.1, -0.05) is 12.1 Å². The maximum Gasteiger partial charge on any atom is 0.335 e. The van der Waals surface area contributed by atoms with Gasteiger partial charge < -0.3 is 5.11 Å². The van der Waals surface area contributed by atoms with Crippen LogP contribution in [0, 0.1) is 13.8 Å². The minimum absolute atomic E-state index is 0.117. The Bertz CT molecular complexity index is 683. The number of H-pyrrole nitrogens is 1. The second kappa shape index (κ2) is 3.93. The third-order valence-corrected chi connectivity index (χ3v) is 2.57. The van der Waals surface area contributed by atoms with Crippen molar-refractivity contribution in [3.63, 3.8) is 0 Å². The third-order valence-electron chi connectivity index (χ3n) is 2.57. The molecule has 2 aromatic rings. The zero-order chi connectivity index (χ0) is 12.6. The van der Waals surface area contributed by atoms with E-state index in [0.717, 1.165) is 10.1 Å². The van der Waals surface area contributed by atoms with Crippen molar-refractivity contribution in [2.24, 2.45) is 0 Å². The first-order chi connectivity index (χ1) is 8.00. The summed E-state index contributed by atoms with van der Waals surface area (Å²) in [5.41, 5.74) is 0.371. The monoisotopic (exact) mass is 232 g/mol. The third kappa shape index (κ3) is 1.87. The summed E-state index contributed by atoms with van der Waals surface area (Å²) in [6.07, 6.45) is 0. The van der Waals surface area contributed by atoms with Gasteiger partial charge in [-0.2, -0.15) is 0 Å².